The van der Waals surface area contributed by atoms with E-state index < -0.39 is 5.97 Å². The molecule has 0 atom stereocenters. The van der Waals surface area contributed by atoms with Gasteiger partial charge in [0.1, 0.15) is 0 Å². The van der Waals surface area contributed by atoms with Crippen molar-refractivity contribution >= 4 is 11.9 Å². The summed E-state index contributed by atoms with van der Waals surface area (Å²) in [5.74, 6) is -1.14. The number of hydrogen-bond acceptors (Lipinski definition) is 5. The van der Waals surface area contributed by atoms with Gasteiger partial charge in [-0.3, -0.25) is 14.4 Å². The van der Waals surface area contributed by atoms with Crippen LogP contribution in [-0.2, 0) is 11.3 Å². The Morgan fingerprint density at radius 3 is 2.83 bits per heavy atom. The van der Waals surface area contributed by atoms with E-state index in [-0.39, 0.29) is 11.6 Å². The van der Waals surface area contributed by atoms with Crippen LogP contribution < -0.4 is 5.32 Å². The molecule has 0 aromatic carbocycles. The molecule has 0 bridgehead atoms. The van der Waals surface area contributed by atoms with Gasteiger partial charge in [0.15, 0.2) is 5.69 Å². The number of carboxylic acids is 1. The molecule has 8 heteroatoms. The lowest BCUT2D eigenvalue weighted by Gasteiger charge is -2.15. The van der Waals surface area contributed by atoms with E-state index in [2.05, 4.69) is 15.6 Å². The zero-order valence-electron chi connectivity index (χ0n) is 10.5. The summed E-state index contributed by atoms with van der Waals surface area (Å²) in [6.45, 7) is 3.84. The minimum Gasteiger partial charge on any atom is -0.476 e. The van der Waals surface area contributed by atoms with Crippen LogP contribution in [0.15, 0.2) is 6.20 Å². The molecule has 2 N–H and O–H groups in total. The number of aromatic carboxylic acids is 1. The number of carbonyl (C=O) groups is 2. The standard InChI is InChI=1S/C10H17N5O3/c1-3-11-9(16)7-14(2)4-5-15-6-8(10(17)18)12-13-15/h6H,3-5,7H2,1-2H3,(H,11,16)(H,17,18). The number of likely N-dealkylation sites (N-methyl/N-ethyl adjacent to an activating group) is 2. The van der Waals surface area contributed by atoms with Crippen LogP contribution in [-0.4, -0.2) is 63.6 Å². The van der Waals surface area contributed by atoms with E-state index in [0.717, 1.165) is 0 Å². The third-order valence-corrected chi connectivity index (χ3v) is 2.26. The van der Waals surface area contributed by atoms with Crippen molar-refractivity contribution in [1.82, 2.24) is 25.2 Å². The van der Waals surface area contributed by atoms with Gasteiger partial charge in [0, 0.05) is 13.1 Å². The van der Waals surface area contributed by atoms with Gasteiger partial charge in [-0.05, 0) is 14.0 Å². The van der Waals surface area contributed by atoms with Gasteiger partial charge in [0.2, 0.25) is 5.91 Å². The first-order valence-corrected chi connectivity index (χ1v) is 5.61. The van der Waals surface area contributed by atoms with Crippen molar-refractivity contribution < 1.29 is 14.7 Å². The summed E-state index contributed by atoms with van der Waals surface area (Å²) >= 11 is 0. The molecule has 0 saturated carbocycles. The van der Waals surface area contributed by atoms with Crippen molar-refractivity contribution in [2.45, 2.75) is 13.5 Å². The first-order valence-electron chi connectivity index (χ1n) is 5.61. The fraction of sp³-hybridized carbons (Fsp3) is 0.600. The number of carboxylic acid groups (broad SMARTS) is 1. The molecule has 18 heavy (non-hydrogen) atoms. The lowest BCUT2D eigenvalue weighted by molar-refractivity contribution is -0.121. The Morgan fingerprint density at radius 2 is 2.28 bits per heavy atom. The summed E-state index contributed by atoms with van der Waals surface area (Å²) in [5, 5.41) is 18.6. The number of carbonyl (C=O) groups excluding carboxylic acids is 1. The molecule has 1 rings (SSSR count). The number of nitrogens with zero attached hydrogens (tertiary/aromatic N) is 4. The van der Waals surface area contributed by atoms with Gasteiger partial charge in [-0.15, -0.1) is 5.10 Å². The smallest absolute Gasteiger partial charge is 0.358 e. The first kappa shape index (κ1) is 14.1. The van der Waals surface area contributed by atoms with Crippen molar-refractivity contribution in [1.29, 1.82) is 0 Å². The number of amides is 1. The molecule has 0 radical (unpaired) electrons. The van der Waals surface area contributed by atoms with Crippen LogP contribution in [0.5, 0.6) is 0 Å². The third-order valence-electron chi connectivity index (χ3n) is 2.26. The Bertz CT molecular complexity index is 417. The maximum absolute atomic E-state index is 11.3. The van der Waals surface area contributed by atoms with Crippen LogP contribution in [0.25, 0.3) is 0 Å². The molecule has 0 fully saturated rings. The summed E-state index contributed by atoms with van der Waals surface area (Å²) in [6, 6.07) is 0. The minimum absolute atomic E-state index is 0.0372. The molecule has 1 aromatic rings. The van der Waals surface area contributed by atoms with Crippen LogP contribution >= 0.6 is 0 Å². The molecule has 0 unspecified atom stereocenters. The second-order valence-electron chi connectivity index (χ2n) is 3.86. The van der Waals surface area contributed by atoms with Crippen LogP contribution in [0.2, 0.25) is 0 Å². The zero-order chi connectivity index (χ0) is 13.5. The molecular weight excluding hydrogens is 238 g/mol. The van der Waals surface area contributed by atoms with Crippen molar-refractivity contribution in [3.8, 4) is 0 Å². The van der Waals surface area contributed by atoms with Gasteiger partial charge in [0.05, 0.1) is 19.3 Å². The molecule has 0 spiro atoms. The van der Waals surface area contributed by atoms with E-state index in [0.29, 0.717) is 26.2 Å². The van der Waals surface area contributed by atoms with Crippen molar-refractivity contribution in [2.24, 2.45) is 0 Å². The summed E-state index contributed by atoms with van der Waals surface area (Å²) in [5.41, 5.74) is -0.0821. The van der Waals surface area contributed by atoms with Gasteiger partial charge in [0.25, 0.3) is 0 Å². The highest BCUT2D eigenvalue weighted by atomic mass is 16.4. The molecule has 0 aliphatic carbocycles. The maximum Gasteiger partial charge on any atom is 0.358 e. The van der Waals surface area contributed by atoms with Crippen molar-refractivity contribution in [2.75, 3.05) is 26.7 Å². The number of rotatable bonds is 7. The molecule has 8 nitrogen and oxygen atoms in total. The molecule has 1 aromatic heterocycles. The highest BCUT2D eigenvalue weighted by molar-refractivity contribution is 5.84. The second-order valence-corrected chi connectivity index (χ2v) is 3.86. The SMILES string of the molecule is CCNC(=O)CN(C)CCn1cc(C(=O)O)nn1. The largest absolute Gasteiger partial charge is 0.476 e. The van der Waals surface area contributed by atoms with E-state index in [1.54, 1.807) is 0 Å². The van der Waals surface area contributed by atoms with Crippen molar-refractivity contribution in [3.05, 3.63) is 11.9 Å². The van der Waals surface area contributed by atoms with Gasteiger partial charge >= 0.3 is 5.97 Å². The Hall–Kier alpha value is -1.96. The zero-order valence-corrected chi connectivity index (χ0v) is 10.5. The van der Waals surface area contributed by atoms with Crippen molar-refractivity contribution in [3.63, 3.8) is 0 Å². The predicted octanol–water partition coefficient (Wildman–Crippen LogP) is -0.956. The van der Waals surface area contributed by atoms with E-state index in [9.17, 15) is 9.59 Å². The van der Waals surface area contributed by atoms with E-state index in [1.807, 2.05) is 18.9 Å². The van der Waals surface area contributed by atoms with E-state index >= 15 is 0 Å². The molecule has 100 valence electrons. The molecule has 0 saturated heterocycles. The summed E-state index contributed by atoms with van der Waals surface area (Å²) in [7, 11) is 1.81. The van der Waals surface area contributed by atoms with Gasteiger partial charge in [-0.1, -0.05) is 5.21 Å². The second kappa shape index (κ2) is 6.70. The fourth-order valence-electron chi connectivity index (χ4n) is 1.36. The van der Waals surface area contributed by atoms with Gasteiger partial charge in [-0.25, -0.2) is 4.79 Å². The third kappa shape index (κ3) is 4.50. The van der Waals surface area contributed by atoms with E-state index in [1.165, 1.54) is 10.9 Å². The van der Waals surface area contributed by atoms with E-state index in [4.69, 9.17) is 5.11 Å². The van der Waals surface area contributed by atoms with Crippen LogP contribution in [0.3, 0.4) is 0 Å². The quantitative estimate of drug-likeness (QED) is 0.651. The summed E-state index contributed by atoms with van der Waals surface area (Å²) in [6.07, 6.45) is 1.36. The topological polar surface area (TPSA) is 100 Å². The Kier molecular flexibility index (Phi) is 5.25. The molecule has 1 amide bonds. The average Bonchev–Trinajstić information content (AvgIpc) is 2.75. The minimum atomic E-state index is -1.10. The number of aromatic nitrogens is 3. The number of hydrogen-bond donors (Lipinski definition) is 2. The lowest BCUT2D eigenvalue weighted by Crippen LogP contribution is -2.36. The van der Waals surface area contributed by atoms with Crippen LogP contribution in [0.1, 0.15) is 17.4 Å². The van der Waals surface area contributed by atoms with Crippen LogP contribution in [0, 0.1) is 0 Å². The average molecular weight is 255 g/mol. The summed E-state index contributed by atoms with van der Waals surface area (Å²) < 4.78 is 1.44. The normalized spacial score (nSPS) is 10.6. The monoisotopic (exact) mass is 255 g/mol. The Balaban J connectivity index is 2.35. The molecule has 0 aliphatic rings. The lowest BCUT2D eigenvalue weighted by atomic mass is 10.4. The Labute approximate surface area is 105 Å². The van der Waals surface area contributed by atoms with Gasteiger partial charge in [-0.2, -0.15) is 0 Å². The fourth-order valence-corrected chi connectivity index (χ4v) is 1.36. The molecule has 0 aliphatic heterocycles. The highest BCUT2D eigenvalue weighted by Crippen LogP contribution is 1.93. The van der Waals surface area contributed by atoms with Crippen LogP contribution in [0.4, 0.5) is 0 Å². The first-order chi connectivity index (χ1) is 8.52. The number of nitrogens with one attached hydrogen (secondary N) is 1. The van der Waals surface area contributed by atoms with Gasteiger partial charge < -0.3 is 10.4 Å². The molecule has 1 heterocycles. The maximum atomic E-state index is 11.3. The Morgan fingerprint density at radius 1 is 1.56 bits per heavy atom. The highest BCUT2D eigenvalue weighted by Gasteiger charge is 2.09. The molecular formula is C10H17N5O3. The predicted molar refractivity (Wildman–Crippen MR) is 63.2 cm³/mol. The summed E-state index contributed by atoms with van der Waals surface area (Å²) in [4.78, 5) is 23.7.